The summed E-state index contributed by atoms with van der Waals surface area (Å²) in [5, 5.41) is 0.199. The number of hydrogen-bond acceptors (Lipinski definition) is 6. The molecule has 34 heavy (non-hydrogen) atoms. The Bertz CT molecular complexity index is 1100. The number of alkyl halides is 1. The maximum Gasteiger partial charge on any atom is 0.344 e. The summed E-state index contributed by atoms with van der Waals surface area (Å²) in [6.45, 7) is 9.38. The average molecular weight is 528 g/mol. The fourth-order valence-electron chi connectivity index (χ4n) is 3.76. The Labute approximate surface area is 209 Å². The van der Waals surface area contributed by atoms with Gasteiger partial charge in [0.15, 0.2) is 5.60 Å². The van der Waals surface area contributed by atoms with Crippen molar-refractivity contribution in [3.8, 4) is 11.1 Å². The van der Waals surface area contributed by atoms with Gasteiger partial charge in [-0.25, -0.2) is 14.6 Å². The molecule has 1 aliphatic rings. The number of benzene rings is 2. The van der Waals surface area contributed by atoms with Gasteiger partial charge in [-0.15, -0.1) is 0 Å². The van der Waals surface area contributed by atoms with Crippen LogP contribution < -0.4 is 0 Å². The van der Waals surface area contributed by atoms with E-state index in [4.69, 9.17) is 14.2 Å². The smallest absolute Gasteiger partial charge is 0.344 e. The van der Waals surface area contributed by atoms with Gasteiger partial charge in [0, 0.05) is 5.56 Å². The summed E-state index contributed by atoms with van der Waals surface area (Å²) >= 11 is 3.54. The summed E-state index contributed by atoms with van der Waals surface area (Å²) in [6.07, 6.45) is 0. The number of esters is 2. The van der Waals surface area contributed by atoms with Gasteiger partial charge >= 0.3 is 11.9 Å². The molecule has 2 aromatic rings. The van der Waals surface area contributed by atoms with E-state index < -0.39 is 23.1 Å². The molecule has 0 N–H and O–H groups in total. The third-order valence-corrected chi connectivity index (χ3v) is 5.97. The first-order valence-electron chi connectivity index (χ1n) is 11.3. The zero-order valence-corrected chi connectivity index (χ0v) is 21.8. The largest absolute Gasteiger partial charge is 0.462 e. The lowest BCUT2D eigenvalue weighted by Gasteiger charge is -2.29. The molecule has 7 heteroatoms. The van der Waals surface area contributed by atoms with Crippen molar-refractivity contribution in [2.24, 2.45) is 4.99 Å². The molecule has 1 aliphatic heterocycles. The van der Waals surface area contributed by atoms with Crippen molar-refractivity contribution in [3.05, 3.63) is 71.3 Å². The molecule has 0 spiro atoms. The van der Waals surface area contributed by atoms with Crippen molar-refractivity contribution < 1.29 is 23.8 Å². The third kappa shape index (κ3) is 5.25. The molecule has 3 rings (SSSR count). The molecule has 1 unspecified atom stereocenters. The van der Waals surface area contributed by atoms with E-state index in [0.717, 1.165) is 11.1 Å². The molecule has 1 atom stereocenters. The lowest BCUT2D eigenvalue weighted by Crippen LogP contribution is -2.35. The SMILES string of the molecule is CCOC(=O)C1=C(C(=O)OCC)C(CBr)(c2ccc(-c3ccccc3)cc2)OC1=NC(C)(C)C. The molecule has 0 bridgehead atoms. The molecule has 0 aromatic heterocycles. The van der Waals surface area contributed by atoms with Crippen molar-refractivity contribution in [3.63, 3.8) is 0 Å². The van der Waals surface area contributed by atoms with Gasteiger partial charge in [0.25, 0.3) is 0 Å². The van der Waals surface area contributed by atoms with Crippen LogP contribution in [0.15, 0.2) is 70.7 Å². The van der Waals surface area contributed by atoms with E-state index in [1.807, 2.05) is 75.4 Å². The summed E-state index contributed by atoms with van der Waals surface area (Å²) < 4.78 is 17.1. The van der Waals surface area contributed by atoms with Gasteiger partial charge in [-0.1, -0.05) is 70.5 Å². The molecule has 2 aromatic carbocycles. The Morgan fingerprint density at radius 3 is 2.00 bits per heavy atom. The van der Waals surface area contributed by atoms with Gasteiger partial charge in [-0.3, -0.25) is 0 Å². The highest BCUT2D eigenvalue weighted by atomic mass is 79.9. The number of carbonyl (C=O) groups excluding carboxylic acids is 2. The van der Waals surface area contributed by atoms with Crippen LogP contribution >= 0.6 is 15.9 Å². The molecule has 0 radical (unpaired) electrons. The van der Waals surface area contributed by atoms with E-state index in [0.29, 0.717) is 5.56 Å². The minimum Gasteiger partial charge on any atom is -0.462 e. The van der Waals surface area contributed by atoms with Crippen LogP contribution in [0, 0.1) is 0 Å². The van der Waals surface area contributed by atoms with Gasteiger partial charge in [-0.2, -0.15) is 0 Å². The number of nitrogens with zero attached hydrogens (tertiary/aromatic N) is 1. The molecule has 0 saturated heterocycles. The lowest BCUT2D eigenvalue weighted by molar-refractivity contribution is -0.142. The maximum absolute atomic E-state index is 13.3. The quantitative estimate of drug-likeness (QED) is 0.346. The zero-order chi connectivity index (χ0) is 24.9. The van der Waals surface area contributed by atoms with E-state index in [-0.39, 0.29) is 35.6 Å². The Balaban J connectivity index is 2.23. The summed E-state index contributed by atoms with van der Waals surface area (Å²) in [4.78, 5) is 31.0. The Morgan fingerprint density at radius 1 is 0.912 bits per heavy atom. The molecular weight excluding hydrogens is 498 g/mol. The van der Waals surface area contributed by atoms with E-state index in [2.05, 4.69) is 20.9 Å². The summed E-state index contributed by atoms with van der Waals surface area (Å²) in [7, 11) is 0. The number of aliphatic imine (C=N–C) groups is 1. The summed E-state index contributed by atoms with van der Waals surface area (Å²) in [6, 6.07) is 17.7. The first-order chi connectivity index (χ1) is 16.2. The highest BCUT2D eigenvalue weighted by Gasteiger charge is 2.54. The molecule has 0 fully saturated rings. The standard InChI is InChI=1S/C27H30BrNO5/c1-6-32-24(30)21-22(25(31)33-7-2)27(17-28,34-23(21)29-26(3,4)5)20-15-13-19(14-16-20)18-11-9-8-10-12-18/h8-16H,6-7,17H2,1-5H3. The van der Waals surface area contributed by atoms with Gasteiger partial charge in [0.05, 0.1) is 24.1 Å². The van der Waals surface area contributed by atoms with E-state index in [1.54, 1.807) is 13.8 Å². The Morgan fingerprint density at radius 2 is 1.47 bits per heavy atom. The van der Waals surface area contributed by atoms with Gasteiger partial charge in [0.2, 0.25) is 5.90 Å². The molecule has 0 amide bonds. The van der Waals surface area contributed by atoms with Crippen LogP contribution in [0.1, 0.15) is 40.2 Å². The van der Waals surface area contributed by atoms with E-state index >= 15 is 0 Å². The topological polar surface area (TPSA) is 74.2 Å². The maximum atomic E-state index is 13.3. The fraction of sp³-hybridized carbons (Fsp3) is 0.370. The Kier molecular flexibility index (Phi) is 7.97. The van der Waals surface area contributed by atoms with E-state index in [9.17, 15) is 9.59 Å². The Hall–Kier alpha value is -2.93. The second-order valence-corrected chi connectivity index (χ2v) is 9.35. The molecule has 180 valence electrons. The monoisotopic (exact) mass is 527 g/mol. The highest BCUT2D eigenvalue weighted by Crippen LogP contribution is 2.45. The minimum absolute atomic E-state index is 0.00168. The van der Waals surface area contributed by atoms with Crippen LogP contribution in [-0.4, -0.2) is 41.9 Å². The van der Waals surface area contributed by atoms with Crippen LogP contribution in [0.25, 0.3) is 11.1 Å². The number of hydrogen-bond donors (Lipinski definition) is 0. The van der Waals surface area contributed by atoms with Gasteiger partial charge in [0.1, 0.15) is 11.1 Å². The van der Waals surface area contributed by atoms with Crippen LogP contribution in [0.4, 0.5) is 0 Å². The second kappa shape index (κ2) is 10.6. The fourth-order valence-corrected chi connectivity index (χ4v) is 4.48. The van der Waals surface area contributed by atoms with Crippen molar-refractivity contribution in [1.29, 1.82) is 0 Å². The number of rotatable bonds is 7. The number of ether oxygens (including phenoxy) is 3. The first kappa shape index (κ1) is 25.7. The number of halogens is 1. The van der Waals surface area contributed by atoms with Crippen LogP contribution in [-0.2, 0) is 29.4 Å². The molecule has 1 heterocycles. The normalized spacial score (nSPS) is 19.2. The second-order valence-electron chi connectivity index (χ2n) is 8.78. The summed E-state index contributed by atoms with van der Waals surface area (Å²) in [5.41, 5.74) is 0.982. The van der Waals surface area contributed by atoms with Crippen molar-refractivity contribution >= 4 is 33.8 Å². The molecule has 0 saturated carbocycles. The highest BCUT2D eigenvalue weighted by molar-refractivity contribution is 9.09. The van der Waals surface area contributed by atoms with Crippen molar-refractivity contribution in [2.75, 3.05) is 18.5 Å². The van der Waals surface area contributed by atoms with E-state index in [1.165, 1.54) is 0 Å². The lowest BCUT2D eigenvalue weighted by atomic mass is 9.85. The predicted molar refractivity (Wildman–Crippen MR) is 136 cm³/mol. The summed E-state index contributed by atoms with van der Waals surface area (Å²) in [5.74, 6) is -1.24. The van der Waals surface area contributed by atoms with Crippen LogP contribution in [0.2, 0.25) is 0 Å². The predicted octanol–water partition coefficient (Wildman–Crippen LogP) is 5.59. The van der Waals surface area contributed by atoms with Crippen LogP contribution in [0.5, 0.6) is 0 Å². The van der Waals surface area contributed by atoms with Crippen molar-refractivity contribution in [2.45, 2.75) is 45.8 Å². The van der Waals surface area contributed by atoms with Gasteiger partial charge < -0.3 is 14.2 Å². The molecular formula is C27H30BrNO5. The third-order valence-electron chi connectivity index (χ3n) is 5.18. The van der Waals surface area contributed by atoms with Crippen LogP contribution in [0.3, 0.4) is 0 Å². The minimum atomic E-state index is -1.31. The molecule has 0 aliphatic carbocycles. The number of carbonyl (C=O) groups is 2. The average Bonchev–Trinajstić information content (AvgIpc) is 3.14. The zero-order valence-electron chi connectivity index (χ0n) is 20.2. The van der Waals surface area contributed by atoms with Gasteiger partial charge in [-0.05, 0) is 45.7 Å². The molecule has 6 nitrogen and oxygen atoms in total. The first-order valence-corrected chi connectivity index (χ1v) is 12.4. The van der Waals surface area contributed by atoms with Crippen molar-refractivity contribution in [1.82, 2.24) is 0 Å².